The van der Waals surface area contributed by atoms with Crippen molar-refractivity contribution in [2.45, 2.75) is 11.8 Å². The van der Waals surface area contributed by atoms with E-state index >= 15 is 0 Å². The Balaban J connectivity index is 2.43. The lowest BCUT2D eigenvalue weighted by Crippen LogP contribution is -2.15. The second-order valence-corrected chi connectivity index (χ2v) is 7.73. The van der Waals surface area contributed by atoms with Crippen molar-refractivity contribution in [1.29, 1.82) is 0 Å². The van der Waals surface area contributed by atoms with Crippen LogP contribution in [-0.4, -0.2) is 8.42 Å². The second kappa shape index (κ2) is 5.94. The van der Waals surface area contributed by atoms with Crippen LogP contribution in [0.2, 0.25) is 0 Å². The molecular weight excluding hydrogens is 427 g/mol. The highest BCUT2D eigenvalue weighted by atomic mass is 79.9. The Morgan fingerprint density at radius 1 is 1.14 bits per heavy atom. The zero-order valence-electron chi connectivity index (χ0n) is 10.8. The van der Waals surface area contributed by atoms with Crippen molar-refractivity contribution in [2.75, 3.05) is 10.5 Å². The number of nitrogens with two attached hydrogens (primary N) is 1. The SMILES string of the molecule is Cc1cc(Br)c(N)cc1S(=O)(=O)Nc1ccc(F)c(Br)c1. The Morgan fingerprint density at radius 3 is 2.43 bits per heavy atom. The number of halogens is 3. The molecule has 2 aromatic carbocycles. The lowest BCUT2D eigenvalue weighted by molar-refractivity contribution is 0.600. The zero-order valence-corrected chi connectivity index (χ0v) is 14.8. The topological polar surface area (TPSA) is 72.2 Å². The summed E-state index contributed by atoms with van der Waals surface area (Å²) in [4.78, 5) is 0.0728. The Bertz CT molecular complexity index is 810. The summed E-state index contributed by atoms with van der Waals surface area (Å²) in [5.74, 6) is -0.470. The summed E-state index contributed by atoms with van der Waals surface area (Å²) >= 11 is 6.25. The van der Waals surface area contributed by atoms with Crippen LogP contribution >= 0.6 is 31.9 Å². The van der Waals surface area contributed by atoms with Crippen LogP contribution in [0.3, 0.4) is 0 Å². The molecule has 0 aliphatic carbocycles. The monoisotopic (exact) mass is 436 g/mol. The molecule has 4 nitrogen and oxygen atoms in total. The molecule has 0 aromatic heterocycles. The number of benzene rings is 2. The molecule has 112 valence electrons. The van der Waals surface area contributed by atoms with E-state index in [2.05, 4.69) is 36.6 Å². The van der Waals surface area contributed by atoms with Crippen LogP contribution in [0.15, 0.2) is 44.2 Å². The van der Waals surface area contributed by atoms with Gasteiger partial charge in [0.15, 0.2) is 0 Å². The molecule has 0 unspecified atom stereocenters. The minimum atomic E-state index is -3.81. The van der Waals surface area contributed by atoms with E-state index in [-0.39, 0.29) is 15.1 Å². The summed E-state index contributed by atoms with van der Waals surface area (Å²) in [6, 6.07) is 6.87. The molecule has 21 heavy (non-hydrogen) atoms. The van der Waals surface area contributed by atoms with E-state index in [1.54, 1.807) is 13.0 Å². The standard InChI is InChI=1S/C13H11Br2FN2O2S/c1-7-4-10(15)12(17)6-13(7)21(19,20)18-8-2-3-11(16)9(14)5-8/h2-6,18H,17H2,1H3. The molecule has 0 fully saturated rings. The molecule has 0 radical (unpaired) electrons. The van der Waals surface area contributed by atoms with Gasteiger partial charge in [-0.15, -0.1) is 0 Å². The van der Waals surface area contributed by atoms with Gasteiger partial charge in [0, 0.05) is 10.2 Å². The Hall–Kier alpha value is -1.12. The fraction of sp³-hybridized carbons (Fsp3) is 0.0769. The van der Waals surface area contributed by atoms with Crippen LogP contribution in [0.4, 0.5) is 15.8 Å². The zero-order chi connectivity index (χ0) is 15.8. The molecule has 0 heterocycles. The molecule has 0 saturated carbocycles. The van der Waals surface area contributed by atoms with Gasteiger partial charge in [-0.3, -0.25) is 4.72 Å². The van der Waals surface area contributed by atoms with Gasteiger partial charge in [0.2, 0.25) is 0 Å². The Labute approximate surface area is 138 Å². The Kier molecular flexibility index (Phi) is 4.60. The van der Waals surface area contributed by atoms with Crippen LogP contribution in [0.1, 0.15) is 5.56 Å². The first kappa shape index (κ1) is 16.3. The van der Waals surface area contributed by atoms with E-state index < -0.39 is 15.8 Å². The molecule has 2 rings (SSSR count). The molecule has 0 amide bonds. The van der Waals surface area contributed by atoms with Crippen LogP contribution in [-0.2, 0) is 10.0 Å². The minimum Gasteiger partial charge on any atom is -0.398 e. The maximum Gasteiger partial charge on any atom is 0.262 e. The molecule has 0 saturated heterocycles. The van der Waals surface area contributed by atoms with Crippen molar-refractivity contribution in [3.63, 3.8) is 0 Å². The van der Waals surface area contributed by atoms with Crippen molar-refractivity contribution in [3.05, 3.63) is 50.7 Å². The van der Waals surface area contributed by atoms with Crippen LogP contribution < -0.4 is 10.5 Å². The average molecular weight is 438 g/mol. The number of nitrogens with one attached hydrogen (secondary N) is 1. The van der Waals surface area contributed by atoms with Crippen LogP contribution in [0.5, 0.6) is 0 Å². The summed E-state index contributed by atoms with van der Waals surface area (Å²) < 4.78 is 41.2. The van der Waals surface area contributed by atoms with Gasteiger partial charge in [0.05, 0.1) is 15.1 Å². The molecular formula is C13H11Br2FN2O2S. The number of aryl methyl sites for hydroxylation is 1. The largest absolute Gasteiger partial charge is 0.398 e. The van der Waals surface area contributed by atoms with Crippen LogP contribution in [0, 0.1) is 12.7 Å². The van der Waals surface area contributed by atoms with Crippen molar-refractivity contribution in [3.8, 4) is 0 Å². The highest BCUT2D eigenvalue weighted by Crippen LogP contribution is 2.28. The number of hydrogen-bond donors (Lipinski definition) is 2. The highest BCUT2D eigenvalue weighted by Gasteiger charge is 2.19. The molecule has 0 atom stereocenters. The third-order valence-electron chi connectivity index (χ3n) is 2.76. The van der Waals surface area contributed by atoms with E-state index in [0.29, 0.717) is 15.7 Å². The molecule has 0 aliphatic rings. The maximum atomic E-state index is 13.2. The van der Waals surface area contributed by atoms with Crippen LogP contribution in [0.25, 0.3) is 0 Å². The van der Waals surface area contributed by atoms with Gasteiger partial charge in [-0.2, -0.15) is 0 Å². The summed E-state index contributed by atoms with van der Waals surface area (Å²) in [7, 11) is -3.81. The minimum absolute atomic E-state index is 0.0728. The number of rotatable bonds is 3. The van der Waals surface area contributed by atoms with Gasteiger partial charge in [-0.1, -0.05) is 0 Å². The second-order valence-electron chi connectivity index (χ2n) is 4.37. The average Bonchev–Trinajstić information content (AvgIpc) is 2.37. The smallest absolute Gasteiger partial charge is 0.262 e. The molecule has 8 heteroatoms. The fourth-order valence-electron chi connectivity index (χ4n) is 1.73. The molecule has 0 aliphatic heterocycles. The summed E-state index contributed by atoms with van der Waals surface area (Å²) in [5, 5.41) is 0. The molecule has 2 aromatic rings. The third-order valence-corrected chi connectivity index (χ3v) is 5.57. The van der Waals surface area contributed by atoms with Gasteiger partial charge < -0.3 is 5.73 Å². The van der Waals surface area contributed by atoms with Gasteiger partial charge in [-0.25, -0.2) is 12.8 Å². The van der Waals surface area contributed by atoms with Gasteiger partial charge >= 0.3 is 0 Å². The van der Waals surface area contributed by atoms with Crippen molar-refractivity contribution < 1.29 is 12.8 Å². The van der Waals surface area contributed by atoms with E-state index in [1.165, 1.54) is 24.3 Å². The third kappa shape index (κ3) is 3.56. The summed E-state index contributed by atoms with van der Waals surface area (Å²) in [6.45, 7) is 1.67. The predicted molar refractivity (Wildman–Crippen MR) is 88.2 cm³/mol. The molecule has 0 bridgehead atoms. The summed E-state index contributed by atoms with van der Waals surface area (Å²) in [5.41, 5.74) is 6.85. The Morgan fingerprint density at radius 2 is 1.81 bits per heavy atom. The molecule has 0 spiro atoms. The first-order valence-corrected chi connectivity index (χ1v) is 8.81. The maximum absolute atomic E-state index is 13.2. The van der Waals surface area contributed by atoms with E-state index in [1.807, 2.05) is 0 Å². The number of nitrogen functional groups attached to an aromatic ring is 1. The quantitative estimate of drug-likeness (QED) is 0.711. The van der Waals surface area contributed by atoms with Gasteiger partial charge in [0.1, 0.15) is 5.82 Å². The van der Waals surface area contributed by atoms with Gasteiger partial charge in [-0.05, 0) is 74.7 Å². The van der Waals surface area contributed by atoms with Crippen molar-refractivity contribution >= 4 is 53.3 Å². The van der Waals surface area contributed by atoms with E-state index in [4.69, 9.17) is 5.73 Å². The normalized spacial score (nSPS) is 11.4. The van der Waals surface area contributed by atoms with E-state index in [0.717, 1.165) is 0 Å². The first-order valence-electron chi connectivity index (χ1n) is 5.74. The van der Waals surface area contributed by atoms with Crippen molar-refractivity contribution in [2.24, 2.45) is 0 Å². The molecule has 3 N–H and O–H groups in total. The predicted octanol–water partition coefficient (Wildman–Crippen LogP) is 4.04. The van der Waals surface area contributed by atoms with Crippen molar-refractivity contribution in [1.82, 2.24) is 0 Å². The number of anilines is 2. The highest BCUT2D eigenvalue weighted by molar-refractivity contribution is 9.10. The first-order chi connectivity index (χ1) is 9.70. The van der Waals surface area contributed by atoms with E-state index in [9.17, 15) is 12.8 Å². The van der Waals surface area contributed by atoms with Gasteiger partial charge in [0.25, 0.3) is 10.0 Å². The fourth-order valence-corrected chi connectivity index (χ4v) is 3.88. The number of hydrogen-bond acceptors (Lipinski definition) is 3. The lowest BCUT2D eigenvalue weighted by Gasteiger charge is -2.12. The number of sulfonamides is 1. The lowest BCUT2D eigenvalue weighted by atomic mass is 10.2. The summed E-state index contributed by atoms with van der Waals surface area (Å²) in [6.07, 6.45) is 0.